The van der Waals surface area contributed by atoms with Crippen LogP contribution < -0.4 is 19.9 Å². The summed E-state index contributed by atoms with van der Waals surface area (Å²) >= 11 is 0. The standard InChI is InChI=1S/C17H21NO3/c1-19-15-6-4-7-16(13-15)20-11-12-21-17-8-3-2-5-14(17)9-10-18/h2-8,13H,9-12,18H2,1H3. The lowest BCUT2D eigenvalue weighted by molar-refractivity contribution is 0.215. The van der Waals surface area contributed by atoms with Crippen molar-refractivity contribution in [2.45, 2.75) is 6.42 Å². The van der Waals surface area contributed by atoms with Crippen LogP contribution >= 0.6 is 0 Å². The summed E-state index contributed by atoms with van der Waals surface area (Å²) in [6, 6.07) is 15.5. The zero-order valence-electron chi connectivity index (χ0n) is 12.2. The fourth-order valence-electron chi connectivity index (χ4n) is 2.01. The van der Waals surface area contributed by atoms with E-state index < -0.39 is 0 Å². The summed E-state index contributed by atoms with van der Waals surface area (Å²) in [5, 5.41) is 0. The van der Waals surface area contributed by atoms with Crippen LogP contribution in [-0.2, 0) is 6.42 Å². The van der Waals surface area contributed by atoms with E-state index in [4.69, 9.17) is 19.9 Å². The van der Waals surface area contributed by atoms with Crippen molar-refractivity contribution >= 4 is 0 Å². The van der Waals surface area contributed by atoms with E-state index in [2.05, 4.69) is 0 Å². The monoisotopic (exact) mass is 287 g/mol. The number of hydrogen-bond donors (Lipinski definition) is 1. The van der Waals surface area contributed by atoms with E-state index in [1.54, 1.807) is 7.11 Å². The molecule has 0 saturated carbocycles. The van der Waals surface area contributed by atoms with Crippen LogP contribution in [0.2, 0.25) is 0 Å². The van der Waals surface area contributed by atoms with Gasteiger partial charge in [-0.3, -0.25) is 0 Å². The van der Waals surface area contributed by atoms with Crippen molar-refractivity contribution in [3.05, 3.63) is 54.1 Å². The van der Waals surface area contributed by atoms with Gasteiger partial charge in [0.2, 0.25) is 0 Å². The Morgan fingerprint density at radius 3 is 2.48 bits per heavy atom. The maximum atomic E-state index is 5.76. The molecule has 0 aliphatic heterocycles. The smallest absolute Gasteiger partial charge is 0.123 e. The Kier molecular flexibility index (Phi) is 5.91. The van der Waals surface area contributed by atoms with Crippen molar-refractivity contribution in [2.24, 2.45) is 5.73 Å². The SMILES string of the molecule is COc1cccc(OCCOc2ccccc2CCN)c1. The quantitative estimate of drug-likeness (QED) is 0.758. The zero-order valence-corrected chi connectivity index (χ0v) is 12.2. The summed E-state index contributed by atoms with van der Waals surface area (Å²) in [4.78, 5) is 0. The third kappa shape index (κ3) is 4.68. The molecule has 0 unspecified atom stereocenters. The fraction of sp³-hybridized carbons (Fsp3) is 0.294. The first-order valence-electron chi connectivity index (χ1n) is 7.01. The fourth-order valence-corrected chi connectivity index (χ4v) is 2.01. The Balaban J connectivity index is 1.81. The van der Waals surface area contributed by atoms with E-state index in [1.807, 2.05) is 48.5 Å². The molecule has 0 fully saturated rings. The Morgan fingerprint density at radius 1 is 0.905 bits per heavy atom. The molecule has 0 heterocycles. The molecule has 0 radical (unpaired) electrons. The lowest BCUT2D eigenvalue weighted by atomic mass is 10.1. The van der Waals surface area contributed by atoms with Crippen molar-refractivity contribution in [1.29, 1.82) is 0 Å². The average molecular weight is 287 g/mol. The second kappa shape index (κ2) is 8.17. The summed E-state index contributed by atoms with van der Waals surface area (Å²) in [6.45, 7) is 1.57. The number of nitrogens with two attached hydrogens (primary N) is 1. The second-order valence-corrected chi connectivity index (χ2v) is 4.52. The average Bonchev–Trinajstić information content (AvgIpc) is 2.53. The van der Waals surface area contributed by atoms with Gasteiger partial charge in [-0.05, 0) is 36.7 Å². The summed E-state index contributed by atoms with van der Waals surface area (Å²) in [5.74, 6) is 2.42. The molecule has 0 atom stereocenters. The normalized spacial score (nSPS) is 10.2. The van der Waals surface area contributed by atoms with E-state index >= 15 is 0 Å². The van der Waals surface area contributed by atoms with Gasteiger partial charge in [-0.1, -0.05) is 24.3 Å². The molecule has 4 nitrogen and oxygen atoms in total. The summed E-state index contributed by atoms with van der Waals surface area (Å²) in [7, 11) is 1.64. The van der Waals surface area contributed by atoms with Crippen LogP contribution in [0.3, 0.4) is 0 Å². The topological polar surface area (TPSA) is 53.7 Å². The van der Waals surface area contributed by atoms with Crippen molar-refractivity contribution in [3.63, 3.8) is 0 Å². The van der Waals surface area contributed by atoms with Gasteiger partial charge in [-0.2, -0.15) is 0 Å². The Labute approximate surface area is 125 Å². The second-order valence-electron chi connectivity index (χ2n) is 4.52. The zero-order chi connectivity index (χ0) is 14.9. The molecular formula is C17H21NO3. The first-order chi connectivity index (χ1) is 10.3. The van der Waals surface area contributed by atoms with Crippen molar-refractivity contribution in [2.75, 3.05) is 26.9 Å². The molecule has 2 N–H and O–H groups in total. The molecular weight excluding hydrogens is 266 g/mol. The van der Waals surface area contributed by atoms with Gasteiger partial charge in [0.1, 0.15) is 30.5 Å². The Bertz CT molecular complexity index is 557. The number of ether oxygens (including phenoxy) is 3. The Hall–Kier alpha value is -2.20. The largest absolute Gasteiger partial charge is 0.497 e. The van der Waals surface area contributed by atoms with Crippen molar-refractivity contribution in [3.8, 4) is 17.2 Å². The first-order valence-corrected chi connectivity index (χ1v) is 7.01. The van der Waals surface area contributed by atoms with E-state index in [-0.39, 0.29) is 0 Å². The van der Waals surface area contributed by atoms with Gasteiger partial charge in [0.25, 0.3) is 0 Å². The molecule has 112 valence electrons. The van der Waals surface area contributed by atoms with Crippen LogP contribution in [-0.4, -0.2) is 26.9 Å². The van der Waals surface area contributed by atoms with Gasteiger partial charge in [0.05, 0.1) is 7.11 Å². The van der Waals surface area contributed by atoms with Gasteiger partial charge >= 0.3 is 0 Å². The molecule has 0 aliphatic rings. The minimum absolute atomic E-state index is 0.476. The molecule has 0 bridgehead atoms. The summed E-state index contributed by atoms with van der Waals surface area (Å²) in [5.41, 5.74) is 6.72. The van der Waals surface area contributed by atoms with Crippen LogP contribution in [0.5, 0.6) is 17.2 Å². The highest BCUT2D eigenvalue weighted by Crippen LogP contribution is 2.20. The highest BCUT2D eigenvalue weighted by molar-refractivity contribution is 5.34. The highest BCUT2D eigenvalue weighted by atomic mass is 16.5. The maximum absolute atomic E-state index is 5.76. The lowest BCUT2D eigenvalue weighted by Gasteiger charge is -2.12. The summed E-state index contributed by atoms with van der Waals surface area (Å²) in [6.07, 6.45) is 0.812. The number of methoxy groups -OCH3 is 1. The number of para-hydroxylation sites is 1. The predicted molar refractivity (Wildman–Crippen MR) is 83.2 cm³/mol. The number of benzene rings is 2. The van der Waals surface area contributed by atoms with E-state index in [1.165, 1.54) is 0 Å². The minimum atomic E-state index is 0.476. The van der Waals surface area contributed by atoms with E-state index in [0.29, 0.717) is 19.8 Å². The minimum Gasteiger partial charge on any atom is -0.497 e. The summed E-state index contributed by atoms with van der Waals surface area (Å²) < 4.78 is 16.5. The van der Waals surface area contributed by atoms with E-state index in [9.17, 15) is 0 Å². The highest BCUT2D eigenvalue weighted by Gasteiger charge is 2.02. The van der Waals surface area contributed by atoms with Crippen LogP contribution in [0.4, 0.5) is 0 Å². The number of rotatable bonds is 8. The maximum Gasteiger partial charge on any atom is 0.123 e. The molecule has 2 aromatic rings. The third-order valence-electron chi connectivity index (χ3n) is 3.04. The van der Waals surface area contributed by atoms with Crippen LogP contribution in [0.15, 0.2) is 48.5 Å². The van der Waals surface area contributed by atoms with Crippen LogP contribution in [0.25, 0.3) is 0 Å². The molecule has 0 saturated heterocycles. The molecule has 0 aliphatic carbocycles. The Morgan fingerprint density at radius 2 is 1.67 bits per heavy atom. The van der Waals surface area contributed by atoms with Gasteiger partial charge in [0.15, 0.2) is 0 Å². The molecule has 2 aromatic carbocycles. The number of hydrogen-bond acceptors (Lipinski definition) is 4. The molecule has 21 heavy (non-hydrogen) atoms. The van der Waals surface area contributed by atoms with E-state index in [0.717, 1.165) is 29.2 Å². The molecule has 0 amide bonds. The van der Waals surface area contributed by atoms with Crippen molar-refractivity contribution < 1.29 is 14.2 Å². The predicted octanol–water partition coefficient (Wildman–Crippen LogP) is 2.65. The van der Waals surface area contributed by atoms with Crippen molar-refractivity contribution in [1.82, 2.24) is 0 Å². The molecule has 0 spiro atoms. The molecule has 4 heteroatoms. The first kappa shape index (κ1) is 15.2. The van der Waals surface area contributed by atoms with Gasteiger partial charge in [-0.25, -0.2) is 0 Å². The van der Waals surface area contributed by atoms with Crippen LogP contribution in [0, 0.1) is 0 Å². The van der Waals surface area contributed by atoms with Gasteiger partial charge < -0.3 is 19.9 Å². The van der Waals surface area contributed by atoms with Gasteiger partial charge in [-0.15, -0.1) is 0 Å². The van der Waals surface area contributed by atoms with Gasteiger partial charge in [0, 0.05) is 6.07 Å². The molecule has 2 rings (SSSR count). The molecule has 0 aromatic heterocycles. The lowest BCUT2D eigenvalue weighted by Crippen LogP contribution is -2.11. The van der Waals surface area contributed by atoms with Crippen LogP contribution in [0.1, 0.15) is 5.56 Å². The third-order valence-corrected chi connectivity index (χ3v) is 3.04.